The van der Waals surface area contributed by atoms with Gasteiger partial charge < -0.3 is 15.1 Å². The van der Waals surface area contributed by atoms with Crippen LogP contribution < -0.4 is 10.2 Å². The third-order valence-corrected chi connectivity index (χ3v) is 4.80. The lowest BCUT2D eigenvalue weighted by Gasteiger charge is -2.36. The summed E-state index contributed by atoms with van der Waals surface area (Å²) in [5, 5.41) is 3.51. The van der Waals surface area contributed by atoms with Crippen molar-refractivity contribution >= 4 is 44.9 Å². The minimum Gasteiger partial charge on any atom is -0.368 e. The van der Waals surface area contributed by atoms with Gasteiger partial charge in [-0.25, -0.2) is 9.18 Å². The van der Waals surface area contributed by atoms with Crippen molar-refractivity contribution in [3.8, 4) is 0 Å². The van der Waals surface area contributed by atoms with E-state index in [4.69, 9.17) is 11.6 Å². The summed E-state index contributed by atoms with van der Waals surface area (Å²) in [7, 11) is 0. The van der Waals surface area contributed by atoms with Crippen LogP contribution in [0, 0.1) is 5.82 Å². The molecule has 3 rings (SSSR count). The Balaban J connectivity index is 1.59. The number of amides is 2. The number of halogens is 3. The molecule has 1 saturated heterocycles. The number of hydrogen-bond acceptors (Lipinski definition) is 2. The molecule has 2 aromatic carbocycles. The van der Waals surface area contributed by atoms with Crippen molar-refractivity contribution in [1.82, 2.24) is 4.90 Å². The van der Waals surface area contributed by atoms with E-state index in [0.29, 0.717) is 28.3 Å². The summed E-state index contributed by atoms with van der Waals surface area (Å²) in [6, 6.07) is 11.7. The molecule has 1 fully saturated rings. The second-order valence-corrected chi connectivity index (χ2v) is 6.80. The van der Waals surface area contributed by atoms with E-state index in [0.717, 1.165) is 18.8 Å². The first-order chi connectivity index (χ1) is 11.5. The van der Waals surface area contributed by atoms with Crippen LogP contribution in [0.3, 0.4) is 0 Å². The van der Waals surface area contributed by atoms with Crippen LogP contribution in [0.2, 0.25) is 5.02 Å². The van der Waals surface area contributed by atoms with Crippen molar-refractivity contribution in [2.24, 2.45) is 0 Å². The summed E-state index contributed by atoms with van der Waals surface area (Å²) in [5.74, 6) is -0.352. The molecule has 0 spiro atoms. The maximum absolute atomic E-state index is 13.1. The maximum Gasteiger partial charge on any atom is 0.321 e. The van der Waals surface area contributed by atoms with Crippen molar-refractivity contribution in [3.05, 3.63) is 57.8 Å². The number of carbonyl (C=O) groups is 1. The Morgan fingerprint density at radius 2 is 1.88 bits per heavy atom. The van der Waals surface area contributed by atoms with Crippen molar-refractivity contribution in [3.63, 3.8) is 0 Å². The molecule has 0 saturated carbocycles. The normalized spacial score (nSPS) is 14.6. The van der Waals surface area contributed by atoms with Crippen molar-refractivity contribution < 1.29 is 9.18 Å². The first-order valence-corrected chi connectivity index (χ1v) is 8.71. The fraction of sp³-hybridized carbons (Fsp3) is 0.235. The molecule has 0 aliphatic carbocycles. The molecule has 2 amide bonds. The molecule has 7 heteroatoms. The van der Waals surface area contributed by atoms with Crippen LogP contribution in [0.5, 0.6) is 0 Å². The molecular formula is C17H16BrClFN3O. The highest BCUT2D eigenvalue weighted by Crippen LogP contribution is 2.24. The van der Waals surface area contributed by atoms with E-state index in [1.165, 1.54) is 12.1 Å². The zero-order chi connectivity index (χ0) is 17.1. The molecule has 1 aliphatic rings. The average Bonchev–Trinajstić information content (AvgIpc) is 2.57. The molecule has 24 heavy (non-hydrogen) atoms. The van der Waals surface area contributed by atoms with Crippen molar-refractivity contribution in [2.45, 2.75) is 0 Å². The molecule has 4 nitrogen and oxygen atoms in total. The van der Waals surface area contributed by atoms with Gasteiger partial charge in [-0.2, -0.15) is 0 Å². The Morgan fingerprint density at radius 3 is 2.54 bits per heavy atom. The number of hydrogen-bond donors (Lipinski definition) is 1. The van der Waals surface area contributed by atoms with Gasteiger partial charge in [-0.3, -0.25) is 0 Å². The number of nitrogens with zero attached hydrogens (tertiary/aromatic N) is 2. The predicted molar refractivity (Wildman–Crippen MR) is 98.4 cm³/mol. The second-order valence-electron chi connectivity index (χ2n) is 5.51. The van der Waals surface area contributed by atoms with Gasteiger partial charge in [0.25, 0.3) is 0 Å². The molecule has 0 bridgehead atoms. The van der Waals surface area contributed by atoms with Crippen molar-refractivity contribution in [2.75, 3.05) is 36.4 Å². The molecule has 0 atom stereocenters. The number of piperazine rings is 1. The lowest BCUT2D eigenvalue weighted by atomic mass is 10.2. The van der Waals surface area contributed by atoms with Crippen LogP contribution >= 0.6 is 27.5 Å². The monoisotopic (exact) mass is 411 g/mol. The van der Waals surface area contributed by atoms with Gasteiger partial charge in [-0.05, 0) is 52.3 Å². The highest BCUT2D eigenvalue weighted by molar-refractivity contribution is 9.10. The fourth-order valence-electron chi connectivity index (χ4n) is 2.63. The number of carbonyl (C=O) groups excluding carboxylic acids is 1. The second kappa shape index (κ2) is 7.40. The van der Waals surface area contributed by atoms with Gasteiger partial charge in [-0.15, -0.1) is 0 Å². The van der Waals surface area contributed by atoms with Gasteiger partial charge in [0.2, 0.25) is 0 Å². The summed E-state index contributed by atoms with van der Waals surface area (Å²) < 4.78 is 13.6. The van der Waals surface area contributed by atoms with Crippen molar-refractivity contribution in [1.29, 1.82) is 0 Å². The quantitative estimate of drug-likeness (QED) is 0.783. The van der Waals surface area contributed by atoms with E-state index >= 15 is 0 Å². The van der Waals surface area contributed by atoms with Gasteiger partial charge in [0.1, 0.15) is 5.82 Å². The molecule has 0 unspecified atom stereocenters. The third-order valence-electron chi connectivity index (χ3n) is 3.91. The molecule has 0 radical (unpaired) electrons. The van der Waals surface area contributed by atoms with Crippen LogP contribution in [0.4, 0.5) is 20.6 Å². The summed E-state index contributed by atoms with van der Waals surface area (Å²) in [4.78, 5) is 16.3. The number of urea groups is 1. The molecule has 1 aliphatic heterocycles. The zero-order valence-electron chi connectivity index (χ0n) is 12.8. The molecule has 126 valence electrons. The molecule has 0 aromatic heterocycles. The summed E-state index contributed by atoms with van der Waals surface area (Å²) in [5.41, 5.74) is 1.61. The largest absolute Gasteiger partial charge is 0.368 e. The van der Waals surface area contributed by atoms with Gasteiger partial charge in [0, 0.05) is 41.4 Å². The van der Waals surface area contributed by atoms with Gasteiger partial charge >= 0.3 is 6.03 Å². The molecule has 2 aromatic rings. The SMILES string of the molecule is O=C(Nc1ccc(F)cc1Br)N1CCN(c2cccc(Cl)c2)CC1. The lowest BCUT2D eigenvalue weighted by molar-refractivity contribution is 0.208. The molecular weight excluding hydrogens is 397 g/mol. The number of anilines is 2. The van der Waals surface area contributed by atoms with E-state index < -0.39 is 0 Å². The van der Waals surface area contributed by atoms with Gasteiger partial charge in [0.15, 0.2) is 0 Å². The fourth-order valence-corrected chi connectivity index (χ4v) is 3.26. The highest BCUT2D eigenvalue weighted by atomic mass is 79.9. The number of nitrogens with one attached hydrogen (secondary N) is 1. The lowest BCUT2D eigenvalue weighted by Crippen LogP contribution is -2.50. The Hall–Kier alpha value is -1.79. The Bertz CT molecular complexity index is 750. The first kappa shape index (κ1) is 17.0. The Kier molecular flexibility index (Phi) is 5.26. The maximum atomic E-state index is 13.1. The van der Waals surface area contributed by atoms with Crippen LogP contribution in [-0.2, 0) is 0 Å². The Labute approximate surface area is 153 Å². The predicted octanol–water partition coefficient (Wildman–Crippen LogP) is 4.60. The highest BCUT2D eigenvalue weighted by Gasteiger charge is 2.22. The topological polar surface area (TPSA) is 35.6 Å². The molecule has 1 heterocycles. The summed E-state index contributed by atoms with van der Waals surface area (Å²) in [6.07, 6.45) is 0. The zero-order valence-corrected chi connectivity index (χ0v) is 15.1. The van der Waals surface area contributed by atoms with Crippen LogP contribution in [0.1, 0.15) is 0 Å². The smallest absolute Gasteiger partial charge is 0.321 e. The van der Waals surface area contributed by atoms with Gasteiger partial charge in [-0.1, -0.05) is 17.7 Å². The third kappa shape index (κ3) is 3.99. The van der Waals surface area contributed by atoms with E-state index in [9.17, 15) is 9.18 Å². The standard InChI is InChI=1S/C17H16BrClFN3O/c18-15-11-13(20)4-5-16(15)21-17(24)23-8-6-22(7-9-23)14-3-1-2-12(19)10-14/h1-5,10-11H,6-9H2,(H,21,24). The number of rotatable bonds is 2. The van der Waals surface area contributed by atoms with Crippen LogP contribution in [0.25, 0.3) is 0 Å². The molecule has 1 N–H and O–H groups in total. The van der Waals surface area contributed by atoms with Crippen LogP contribution in [-0.4, -0.2) is 37.1 Å². The van der Waals surface area contributed by atoms with E-state index in [1.54, 1.807) is 11.0 Å². The number of benzene rings is 2. The van der Waals surface area contributed by atoms with Crippen LogP contribution in [0.15, 0.2) is 46.9 Å². The average molecular weight is 413 g/mol. The van der Waals surface area contributed by atoms with E-state index in [2.05, 4.69) is 26.1 Å². The van der Waals surface area contributed by atoms with E-state index in [-0.39, 0.29) is 11.8 Å². The van der Waals surface area contributed by atoms with E-state index in [1.807, 2.05) is 24.3 Å². The first-order valence-electron chi connectivity index (χ1n) is 7.54. The van der Waals surface area contributed by atoms with Gasteiger partial charge in [0.05, 0.1) is 5.69 Å². The minimum atomic E-state index is -0.352. The minimum absolute atomic E-state index is 0.187. The summed E-state index contributed by atoms with van der Waals surface area (Å²) in [6.45, 7) is 2.69. The Morgan fingerprint density at radius 1 is 1.12 bits per heavy atom. The summed E-state index contributed by atoms with van der Waals surface area (Å²) >= 11 is 9.28.